The molecule has 1 aliphatic rings. The predicted octanol–water partition coefficient (Wildman–Crippen LogP) is 2.92. The molecule has 0 bridgehead atoms. The Balaban J connectivity index is 1.59. The largest absolute Gasteiger partial charge is 0.456 e. The average molecular weight is 342 g/mol. The van der Waals surface area contributed by atoms with Gasteiger partial charge < -0.3 is 19.3 Å². The molecule has 2 aromatic rings. The van der Waals surface area contributed by atoms with Gasteiger partial charge in [-0.25, -0.2) is 4.79 Å². The average Bonchev–Trinajstić information content (AvgIpc) is 2.64. The number of ether oxygens (including phenoxy) is 3. The summed E-state index contributed by atoms with van der Waals surface area (Å²) in [5.74, 6) is -0.403. The Morgan fingerprint density at radius 2 is 1.72 bits per heavy atom. The van der Waals surface area contributed by atoms with Crippen molar-refractivity contribution in [2.75, 3.05) is 0 Å². The number of aliphatic hydroxyl groups is 1. The van der Waals surface area contributed by atoms with Crippen molar-refractivity contribution < 1.29 is 24.1 Å². The van der Waals surface area contributed by atoms with Gasteiger partial charge in [0, 0.05) is 6.42 Å². The molecule has 25 heavy (non-hydrogen) atoms. The van der Waals surface area contributed by atoms with Gasteiger partial charge in [0.05, 0.1) is 18.3 Å². The van der Waals surface area contributed by atoms with Crippen molar-refractivity contribution in [1.29, 1.82) is 0 Å². The molecule has 0 saturated carbocycles. The molecule has 0 spiro atoms. The lowest BCUT2D eigenvalue weighted by atomic mass is 10.0. The molecule has 1 fully saturated rings. The predicted molar refractivity (Wildman–Crippen MR) is 91.8 cm³/mol. The van der Waals surface area contributed by atoms with E-state index in [1.54, 1.807) is 31.2 Å². The number of hydrogen-bond donors (Lipinski definition) is 1. The van der Waals surface area contributed by atoms with E-state index in [9.17, 15) is 9.90 Å². The third-order valence-corrected chi connectivity index (χ3v) is 4.24. The molecule has 5 nitrogen and oxygen atoms in total. The summed E-state index contributed by atoms with van der Waals surface area (Å²) in [7, 11) is 0. The lowest BCUT2D eigenvalue weighted by Crippen LogP contribution is -2.48. The van der Waals surface area contributed by atoms with Gasteiger partial charge in [-0.2, -0.15) is 0 Å². The van der Waals surface area contributed by atoms with Crippen molar-refractivity contribution in [3.05, 3.63) is 71.8 Å². The highest BCUT2D eigenvalue weighted by molar-refractivity contribution is 5.89. The Morgan fingerprint density at radius 3 is 2.40 bits per heavy atom. The molecule has 0 amide bonds. The molecule has 0 unspecified atom stereocenters. The molecule has 4 atom stereocenters. The minimum absolute atomic E-state index is 0.361. The van der Waals surface area contributed by atoms with Gasteiger partial charge in [0.1, 0.15) is 12.2 Å². The van der Waals surface area contributed by atoms with Crippen molar-refractivity contribution >= 4 is 5.97 Å². The first kappa shape index (κ1) is 17.6. The first-order valence-electron chi connectivity index (χ1n) is 8.38. The van der Waals surface area contributed by atoms with E-state index >= 15 is 0 Å². The summed E-state index contributed by atoms with van der Waals surface area (Å²) in [6.07, 6.45) is -2.08. The van der Waals surface area contributed by atoms with Gasteiger partial charge in [-0.3, -0.25) is 0 Å². The summed E-state index contributed by atoms with van der Waals surface area (Å²) in [6, 6.07) is 18.5. The van der Waals surface area contributed by atoms with Gasteiger partial charge in [-0.05, 0) is 24.6 Å². The zero-order valence-electron chi connectivity index (χ0n) is 14.1. The SMILES string of the molecule is C[C@@H]1O[C@@H](O)[C@H](OCc2ccccc2)C[C@@H]1OC(=O)c1ccccc1. The molecule has 2 aromatic carbocycles. The van der Waals surface area contributed by atoms with E-state index < -0.39 is 30.6 Å². The van der Waals surface area contributed by atoms with Crippen LogP contribution in [0.1, 0.15) is 29.3 Å². The monoisotopic (exact) mass is 342 g/mol. The lowest BCUT2D eigenvalue weighted by molar-refractivity contribution is -0.253. The first-order chi connectivity index (χ1) is 12.1. The quantitative estimate of drug-likeness (QED) is 0.847. The smallest absolute Gasteiger partial charge is 0.338 e. The van der Waals surface area contributed by atoms with Crippen molar-refractivity contribution in [2.24, 2.45) is 0 Å². The number of benzene rings is 2. The Hall–Kier alpha value is -2.21. The van der Waals surface area contributed by atoms with Gasteiger partial charge in [0.15, 0.2) is 6.29 Å². The van der Waals surface area contributed by atoms with Gasteiger partial charge in [0.25, 0.3) is 0 Å². The van der Waals surface area contributed by atoms with Crippen LogP contribution in [0.4, 0.5) is 0 Å². The Morgan fingerprint density at radius 1 is 1.08 bits per heavy atom. The maximum Gasteiger partial charge on any atom is 0.338 e. The van der Waals surface area contributed by atoms with Crippen LogP contribution in [0.15, 0.2) is 60.7 Å². The van der Waals surface area contributed by atoms with Crippen molar-refractivity contribution in [1.82, 2.24) is 0 Å². The Labute approximate surface area is 147 Å². The second kappa shape index (κ2) is 8.25. The fraction of sp³-hybridized carbons (Fsp3) is 0.350. The third kappa shape index (κ3) is 4.66. The van der Waals surface area contributed by atoms with Crippen molar-refractivity contribution in [3.8, 4) is 0 Å². The first-order valence-corrected chi connectivity index (χ1v) is 8.38. The van der Waals surface area contributed by atoms with Crippen molar-refractivity contribution in [2.45, 2.75) is 44.6 Å². The zero-order valence-corrected chi connectivity index (χ0v) is 14.1. The van der Waals surface area contributed by atoms with Crippen LogP contribution in [0.5, 0.6) is 0 Å². The number of carbonyl (C=O) groups is 1. The summed E-state index contributed by atoms with van der Waals surface area (Å²) in [5, 5.41) is 10.1. The van der Waals surface area contributed by atoms with E-state index in [1.165, 1.54) is 0 Å². The fourth-order valence-corrected chi connectivity index (χ4v) is 2.78. The molecule has 0 radical (unpaired) electrons. The van der Waals surface area contributed by atoms with Crippen LogP contribution in [-0.2, 0) is 20.8 Å². The van der Waals surface area contributed by atoms with Gasteiger partial charge in [0.2, 0.25) is 0 Å². The molecule has 1 saturated heterocycles. The van der Waals surface area contributed by atoms with Crippen LogP contribution in [0.25, 0.3) is 0 Å². The molecule has 132 valence electrons. The number of hydrogen-bond acceptors (Lipinski definition) is 5. The molecule has 0 aliphatic carbocycles. The molecule has 5 heteroatoms. The molecule has 3 rings (SSSR count). The van der Waals surface area contributed by atoms with Gasteiger partial charge in [-0.1, -0.05) is 48.5 Å². The highest BCUT2D eigenvalue weighted by Crippen LogP contribution is 2.25. The summed E-state index contributed by atoms with van der Waals surface area (Å²) in [5.41, 5.74) is 1.49. The highest BCUT2D eigenvalue weighted by Gasteiger charge is 2.38. The molecule has 1 N–H and O–H groups in total. The highest BCUT2D eigenvalue weighted by atomic mass is 16.7. The third-order valence-electron chi connectivity index (χ3n) is 4.24. The Kier molecular flexibility index (Phi) is 5.81. The second-order valence-electron chi connectivity index (χ2n) is 6.11. The van der Waals surface area contributed by atoms with E-state index in [-0.39, 0.29) is 0 Å². The molecule has 1 aliphatic heterocycles. The molecular formula is C20H22O5. The molecule has 0 aromatic heterocycles. The van der Waals surface area contributed by atoms with E-state index in [1.807, 2.05) is 36.4 Å². The van der Waals surface area contributed by atoms with E-state index in [2.05, 4.69) is 0 Å². The van der Waals surface area contributed by atoms with Crippen LogP contribution in [0.3, 0.4) is 0 Å². The zero-order chi connectivity index (χ0) is 17.6. The van der Waals surface area contributed by atoms with Gasteiger partial charge >= 0.3 is 5.97 Å². The number of aliphatic hydroxyl groups excluding tert-OH is 1. The van der Waals surface area contributed by atoms with Crippen molar-refractivity contribution in [3.63, 3.8) is 0 Å². The fourth-order valence-electron chi connectivity index (χ4n) is 2.78. The number of carbonyl (C=O) groups excluding carboxylic acids is 1. The van der Waals surface area contributed by atoms with Crippen LogP contribution in [-0.4, -0.2) is 35.7 Å². The normalized spacial score (nSPS) is 26.2. The summed E-state index contributed by atoms with van der Waals surface area (Å²) >= 11 is 0. The van der Waals surface area contributed by atoms with Crippen LogP contribution in [0.2, 0.25) is 0 Å². The minimum atomic E-state index is -1.04. The molecule has 1 heterocycles. The molecular weight excluding hydrogens is 320 g/mol. The van der Waals surface area contributed by atoms with Gasteiger partial charge in [-0.15, -0.1) is 0 Å². The van der Waals surface area contributed by atoms with Crippen LogP contribution < -0.4 is 0 Å². The minimum Gasteiger partial charge on any atom is -0.456 e. The topological polar surface area (TPSA) is 65.0 Å². The number of rotatable bonds is 5. The second-order valence-corrected chi connectivity index (χ2v) is 6.11. The summed E-state index contributed by atoms with van der Waals surface area (Å²) in [4.78, 5) is 12.2. The maximum atomic E-state index is 12.2. The Bertz CT molecular complexity index is 673. The van der Waals surface area contributed by atoms with Crippen LogP contribution >= 0.6 is 0 Å². The summed E-state index contributed by atoms with van der Waals surface area (Å²) in [6.45, 7) is 2.14. The van der Waals surface area contributed by atoms with E-state index in [0.29, 0.717) is 18.6 Å². The van der Waals surface area contributed by atoms with E-state index in [0.717, 1.165) is 5.56 Å². The van der Waals surface area contributed by atoms with Crippen LogP contribution in [0, 0.1) is 0 Å². The maximum absolute atomic E-state index is 12.2. The standard InChI is InChI=1S/C20H22O5/c1-14-17(25-19(21)16-10-6-3-7-11-16)12-18(20(22)24-14)23-13-15-8-4-2-5-9-15/h2-11,14,17-18,20,22H,12-13H2,1H3/t14-,17-,18+,20+/m0/s1. The van der Waals surface area contributed by atoms with E-state index in [4.69, 9.17) is 14.2 Å². The number of esters is 1. The summed E-state index contributed by atoms with van der Waals surface area (Å²) < 4.78 is 16.8. The lowest BCUT2D eigenvalue weighted by Gasteiger charge is -2.37.